The van der Waals surface area contributed by atoms with Gasteiger partial charge < -0.3 is 15.2 Å². The van der Waals surface area contributed by atoms with Gasteiger partial charge >= 0.3 is 5.97 Å². The highest BCUT2D eigenvalue weighted by atomic mass is 35.5. The number of amides is 1. The van der Waals surface area contributed by atoms with Crippen molar-refractivity contribution in [2.75, 3.05) is 0 Å². The molecule has 3 rings (SSSR count). The Morgan fingerprint density at radius 2 is 1.76 bits per heavy atom. The lowest BCUT2D eigenvalue weighted by atomic mass is 9.89. The van der Waals surface area contributed by atoms with Gasteiger partial charge in [0, 0.05) is 5.02 Å². The fraction of sp³-hybridized carbons (Fsp3) is 0.391. The van der Waals surface area contributed by atoms with Crippen molar-refractivity contribution in [1.82, 2.24) is 5.32 Å². The van der Waals surface area contributed by atoms with Crippen molar-refractivity contribution >= 4 is 23.5 Å². The van der Waals surface area contributed by atoms with Crippen LogP contribution < -0.4 is 10.1 Å². The molecular formula is C23H26ClNO4. The Morgan fingerprint density at radius 1 is 1.10 bits per heavy atom. The van der Waals surface area contributed by atoms with Crippen LogP contribution in [-0.4, -0.2) is 23.1 Å². The zero-order chi connectivity index (χ0) is 21.0. The van der Waals surface area contributed by atoms with Crippen LogP contribution in [-0.2, 0) is 0 Å². The quantitative estimate of drug-likeness (QED) is 0.654. The maximum absolute atomic E-state index is 12.9. The molecule has 0 aliphatic heterocycles. The topological polar surface area (TPSA) is 75.6 Å². The van der Waals surface area contributed by atoms with Crippen LogP contribution in [0.4, 0.5) is 0 Å². The third-order valence-corrected chi connectivity index (χ3v) is 5.68. The largest absolute Gasteiger partial charge is 0.490 e. The van der Waals surface area contributed by atoms with Gasteiger partial charge in [0.1, 0.15) is 5.75 Å². The molecule has 0 aromatic heterocycles. The monoisotopic (exact) mass is 415 g/mol. The van der Waals surface area contributed by atoms with Crippen molar-refractivity contribution < 1.29 is 19.4 Å². The Labute approximate surface area is 176 Å². The van der Waals surface area contributed by atoms with Crippen molar-refractivity contribution in [2.24, 2.45) is 5.92 Å². The number of carboxylic acids is 1. The van der Waals surface area contributed by atoms with E-state index >= 15 is 0 Å². The number of nitrogens with one attached hydrogen (secondary N) is 1. The van der Waals surface area contributed by atoms with Gasteiger partial charge in [-0.1, -0.05) is 30.7 Å². The number of rotatable bonds is 6. The Bertz CT molecular complexity index is 873. The number of benzene rings is 2. The summed E-state index contributed by atoms with van der Waals surface area (Å²) >= 11 is 6.13. The fourth-order valence-corrected chi connectivity index (χ4v) is 3.75. The first kappa shape index (κ1) is 21.2. The Balaban J connectivity index is 1.72. The van der Waals surface area contributed by atoms with E-state index in [9.17, 15) is 9.59 Å². The highest BCUT2D eigenvalue weighted by molar-refractivity contribution is 6.31. The van der Waals surface area contributed by atoms with Crippen LogP contribution in [0.25, 0.3) is 0 Å². The summed E-state index contributed by atoms with van der Waals surface area (Å²) in [5.74, 6) is 0.00336. The molecule has 2 aromatic rings. The normalized spacial score (nSPS) is 20.0. The standard InChI is InChI=1S/C23H26ClNO4/c1-14-3-10-19(11-4-14)29-21-12-9-18(24)13-20(21)22(26)25-15(2)16-5-7-17(8-6-16)23(27)28/h5-9,12-15,19H,3-4,10-11H2,1-2H3,(H,25,26)(H,27,28)/t14-,15-,19+/m0/s1. The first-order valence-electron chi connectivity index (χ1n) is 9.94. The molecule has 1 amide bonds. The van der Waals surface area contributed by atoms with Crippen molar-refractivity contribution in [3.05, 3.63) is 64.2 Å². The summed E-state index contributed by atoms with van der Waals surface area (Å²) in [7, 11) is 0. The van der Waals surface area contributed by atoms with Gasteiger partial charge in [-0.05, 0) is 74.4 Å². The number of ether oxygens (including phenoxy) is 1. The molecule has 0 bridgehead atoms. The number of carbonyl (C=O) groups is 2. The van der Waals surface area contributed by atoms with Gasteiger partial charge in [0.2, 0.25) is 0 Å². The first-order valence-corrected chi connectivity index (χ1v) is 10.3. The summed E-state index contributed by atoms with van der Waals surface area (Å²) in [5, 5.41) is 12.4. The van der Waals surface area contributed by atoms with E-state index in [0.717, 1.165) is 37.2 Å². The second kappa shape index (κ2) is 9.31. The molecule has 0 radical (unpaired) electrons. The summed E-state index contributed by atoms with van der Waals surface area (Å²) in [5.41, 5.74) is 1.43. The first-order chi connectivity index (χ1) is 13.8. The number of hydrogen-bond donors (Lipinski definition) is 2. The van der Waals surface area contributed by atoms with Crippen molar-refractivity contribution in [2.45, 2.75) is 51.7 Å². The van der Waals surface area contributed by atoms with Gasteiger partial charge in [0.15, 0.2) is 0 Å². The van der Waals surface area contributed by atoms with Crippen LogP contribution in [0, 0.1) is 5.92 Å². The number of carbonyl (C=O) groups excluding carboxylic acids is 1. The van der Waals surface area contributed by atoms with E-state index in [4.69, 9.17) is 21.4 Å². The molecule has 29 heavy (non-hydrogen) atoms. The number of aromatic carboxylic acids is 1. The fourth-order valence-electron chi connectivity index (χ4n) is 3.58. The second-order valence-electron chi connectivity index (χ2n) is 7.76. The van der Waals surface area contributed by atoms with Crippen LogP contribution in [0.5, 0.6) is 5.75 Å². The molecule has 1 atom stereocenters. The summed E-state index contributed by atoms with van der Waals surface area (Å²) in [6.07, 6.45) is 4.33. The van der Waals surface area contributed by atoms with E-state index in [0.29, 0.717) is 16.3 Å². The molecule has 5 nitrogen and oxygen atoms in total. The lowest BCUT2D eigenvalue weighted by molar-refractivity contribution is 0.0696. The van der Waals surface area contributed by atoms with Crippen molar-refractivity contribution in [1.29, 1.82) is 0 Å². The number of carboxylic acid groups (broad SMARTS) is 1. The van der Waals surface area contributed by atoms with Crippen LogP contribution in [0.2, 0.25) is 5.02 Å². The highest BCUT2D eigenvalue weighted by Gasteiger charge is 2.23. The van der Waals surface area contributed by atoms with Crippen molar-refractivity contribution in [3.8, 4) is 5.75 Å². The number of halogens is 1. The Kier molecular flexibility index (Phi) is 6.80. The molecule has 1 aliphatic rings. The SMILES string of the molecule is C[C@H](NC(=O)c1cc(Cl)ccc1O[C@H]1CC[C@@H](C)CC1)c1ccc(C(=O)O)cc1. The van der Waals surface area contributed by atoms with E-state index in [1.807, 2.05) is 6.92 Å². The average Bonchev–Trinajstić information content (AvgIpc) is 2.71. The predicted octanol–water partition coefficient (Wildman–Crippen LogP) is 5.49. The molecular weight excluding hydrogens is 390 g/mol. The van der Waals surface area contributed by atoms with Crippen LogP contribution >= 0.6 is 11.6 Å². The van der Waals surface area contributed by atoms with Gasteiger partial charge in [0.25, 0.3) is 5.91 Å². The average molecular weight is 416 g/mol. The van der Waals surface area contributed by atoms with Crippen LogP contribution in [0.1, 0.15) is 71.9 Å². The molecule has 0 saturated heterocycles. The van der Waals surface area contributed by atoms with E-state index < -0.39 is 5.97 Å². The molecule has 0 spiro atoms. The van der Waals surface area contributed by atoms with E-state index in [-0.39, 0.29) is 23.6 Å². The minimum atomic E-state index is -0.980. The summed E-state index contributed by atoms with van der Waals surface area (Å²) < 4.78 is 6.16. The lowest BCUT2D eigenvalue weighted by Crippen LogP contribution is -2.28. The van der Waals surface area contributed by atoms with E-state index in [1.54, 1.807) is 30.3 Å². The molecule has 0 heterocycles. The Morgan fingerprint density at radius 3 is 2.38 bits per heavy atom. The van der Waals surface area contributed by atoms with E-state index in [1.165, 1.54) is 12.1 Å². The van der Waals surface area contributed by atoms with Crippen molar-refractivity contribution in [3.63, 3.8) is 0 Å². The highest BCUT2D eigenvalue weighted by Crippen LogP contribution is 2.30. The summed E-state index contributed by atoms with van der Waals surface area (Å²) in [4.78, 5) is 23.9. The lowest BCUT2D eigenvalue weighted by Gasteiger charge is -2.27. The minimum absolute atomic E-state index is 0.111. The molecule has 6 heteroatoms. The molecule has 1 aliphatic carbocycles. The second-order valence-corrected chi connectivity index (χ2v) is 8.20. The molecule has 1 saturated carbocycles. The molecule has 0 unspecified atom stereocenters. The Hall–Kier alpha value is -2.53. The van der Waals surface area contributed by atoms with Gasteiger partial charge in [-0.3, -0.25) is 4.79 Å². The third-order valence-electron chi connectivity index (χ3n) is 5.45. The maximum atomic E-state index is 12.9. The predicted molar refractivity (Wildman–Crippen MR) is 113 cm³/mol. The maximum Gasteiger partial charge on any atom is 0.335 e. The van der Waals surface area contributed by atoms with Gasteiger partial charge in [-0.2, -0.15) is 0 Å². The van der Waals surface area contributed by atoms with Gasteiger partial charge in [-0.25, -0.2) is 4.79 Å². The van der Waals surface area contributed by atoms with Crippen LogP contribution in [0.15, 0.2) is 42.5 Å². The number of hydrogen-bond acceptors (Lipinski definition) is 3. The van der Waals surface area contributed by atoms with Crippen LogP contribution in [0.3, 0.4) is 0 Å². The van der Waals surface area contributed by atoms with E-state index in [2.05, 4.69) is 12.2 Å². The molecule has 2 N–H and O–H groups in total. The molecule has 154 valence electrons. The molecule has 1 fully saturated rings. The summed E-state index contributed by atoms with van der Waals surface area (Å²) in [6.45, 7) is 4.10. The smallest absolute Gasteiger partial charge is 0.335 e. The third kappa shape index (κ3) is 5.51. The summed E-state index contributed by atoms with van der Waals surface area (Å²) in [6, 6.07) is 11.3. The molecule has 2 aromatic carbocycles. The minimum Gasteiger partial charge on any atom is -0.490 e. The zero-order valence-corrected chi connectivity index (χ0v) is 17.4. The zero-order valence-electron chi connectivity index (χ0n) is 16.7. The van der Waals surface area contributed by atoms with Gasteiger partial charge in [-0.15, -0.1) is 0 Å². The van der Waals surface area contributed by atoms with Gasteiger partial charge in [0.05, 0.1) is 23.3 Å².